The Hall–Kier alpha value is -3.57. The highest BCUT2D eigenvalue weighted by molar-refractivity contribution is 5.97. The third-order valence-electron chi connectivity index (χ3n) is 9.69. The van der Waals surface area contributed by atoms with Crippen molar-refractivity contribution in [3.05, 3.63) is 59.2 Å². The van der Waals surface area contributed by atoms with Crippen LogP contribution in [0, 0.1) is 5.82 Å². The summed E-state index contributed by atoms with van der Waals surface area (Å²) in [6.45, 7) is 20.1. The molecule has 0 spiro atoms. The number of ether oxygens (including phenoxy) is 1. The van der Waals surface area contributed by atoms with Crippen molar-refractivity contribution in [2.24, 2.45) is 0 Å². The van der Waals surface area contributed by atoms with Crippen LogP contribution in [0.1, 0.15) is 72.2 Å². The summed E-state index contributed by atoms with van der Waals surface area (Å²) < 4.78 is 19.3. The third-order valence-corrected chi connectivity index (χ3v) is 9.69. The van der Waals surface area contributed by atoms with Crippen molar-refractivity contribution in [2.45, 2.75) is 91.0 Å². The number of hydrogen-bond acceptors (Lipinski definition) is 7. The monoisotopic (exact) mass is 650 g/mol. The largest absolute Gasteiger partial charge is 0.444 e. The lowest BCUT2D eigenvalue weighted by Gasteiger charge is -2.48. The van der Waals surface area contributed by atoms with Crippen molar-refractivity contribution in [3.63, 3.8) is 0 Å². The lowest BCUT2D eigenvalue weighted by Crippen LogP contribution is -2.65. The van der Waals surface area contributed by atoms with E-state index in [1.807, 2.05) is 49.8 Å². The quantitative estimate of drug-likeness (QED) is 0.461. The minimum absolute atomic E-state index is 0.00752. The number of halogens is 1. The number of pyridine rings is 1. The van der Waals surface area contributed by atoms with E-state index < -0.39 is 5.60 Å². The molecule has 2 saturated heterocycles. The Bertz CT molecular complexity index is 1470. The van der Waals surface area contributed by atoms with Crippen LogP contribution < -0.4 is 4.90 Å². The maximum Gasteiger partial charge on any atom is 0.410 e. The van der Waals surface area contributed by atoms with Gasteiger partial charge >= 0.3 is 6.09 Å². The molecule has 3 aliphatic rings. The number of carbonyl (C=O) groups is 3. The highest BCUT2D eigenvalue weighted by Crippen LogP contribution is 2.41. The summed E-state index contributed by atoms with van der Waals surface area (Å²) in [4.78, 5) is 54.5. The molecule has 0 radical (unpaired) electrons. The molecule has 3 aliphatic heterocycles. The predicted octanol–water partition coefficient (Wildman–Crippen LogP) is 4.30. The Balaban J connectivity index is 1.36. The Morgan fingerprint density at radius 3 is 2.34 bits per heavy atom. The summed E-state index contributed by atoms with van der Waals surface area (Å²) in [6.07, 6.45) is 2.08. The van der Waals surface area contributed by atoms with E-state index in [0.29, 0.717) is 45.7 Å². The lowest BCUT2D eigenvalue weighted by atomic mass is 9.88. The highest BCUT2D eigenvalue weighted by atomic mass is 19.1. The second-order valence-electron chi connectivity index (χ2n) is 15.2. The molecule has 2 aromatic rings. The van der Waals surface area contributed by atoms with E-state index in [9.17, 15) is 18.8 Å². The number of fused-ring (bicyclic) bond motifs is 1. The highest BCUT2D eigenvalue weighted by Gasteiger charge is 2.42. The zero-order valence-corrected chi connectivity index (χ0v) is 29.3. The first kappa shape index (κ1) is 34.8. The number of benzene rings is 1. The minimum Gasteiger partial charge on any atom is -0.444 e. The zero-order chi connectivity index (χ0) is 34.3. The van der Waals surface area contributed by atoms with Crippen molar-refractivity contribution < 1.29 is 23.5 Å². The molecule has 0 saturated carbocycles. The number of carbonyl (C=O) groups excluding carboxylic acids is 3. The Labute approximate surface area is 278 Å². The van der Waals surface area contributed by atoms with Crippen molar-refractivity contribution in [2.75, 3.05) is 57.3 Å². The predicted molar refractivity (Wildman–Crippen MR) is 180 cm³/mol. The van der Waals surface area contributed by atoms with Crippen LogP contribution in [0.5, 0.6) is 0 Å². The van der Waals surface area contributed by atoms with Crippen LogP contribution in [0.4, 0.5) is 14.9 Å². The number of nitrogens with zero attached hydrogens (tertiary/aromatic N) is 6. The summed E-state index contributed by atoms with van der Waals surface area (Å²) >= 11 is 0. The van der Waals surface area contributed by atoms with Crippen LogP contribution in [-0.4, -0.2) is 119 Å². The van der Waals surface area contributed by atoms with Crippen molar-refractivity contribution >= 4 is 23.6 Å². The first-order valence-electron chi connectivity index (χ1n) is 16.8. The van der Waals surface area contributed by atoms with Gasteiger partial charge in [0.05, 0.1) is 12.2 Å². The molecule has 10 nitrogen and oxygen atoms in total. The summed E-state index contributed by atoms with van der Waals surface area (Å²) in [6, 6.07) is 8.33. The van der Waals surface area contributed by atoms with Crippen LogP contribution in [-0.2, 0) is 26.2 Å². The number of piperazine rings is 2. The molecule has 3 amide bonds. The van der Waals surface area contributed by atoms with E-state index in [0.717, 1.165) is 29.1 Å². The van der Waals surface area contributed by atoms with Gasteiger partial charge in [-0.1, -0.05) is 26.0 Å². The topological polar surface area (TPSA) is 89.5 Å². The summed E-state index contributed by atoms with van der Waals surface area (Å²) in [7, 11) is 0. The summed E-state index contributed by atoms with van der Waals surface area (Å²) in [5.74, 6) is -0.189. The van der Waals surface area contributed by atoms with Gasteiger partial charge in [-0.3, -0.25) is 24.4 Å². The molecule has 47 heavy (non-hydrogen) atoms. The number of amides is 3. The first-order chi connectivity index (χ1) is 22.0. The van der Waals surface area contributed by atoms with Crippen LogP contribution >= 0.6 is 0 Å². The van der Waals surface area contributed by atoms with E-state index in [1.165, 1.54) is 12.1 Å². The SMILES string of the molecule is CC(=O)N1CCN(C[C@H]2CN(C(=O)OC(C)(C)C)[C@H](C)CN2CC(=O)N2CC(C)(C)c3cnc(Cc4ccc(F)cc4)cc32)[C@H](C)C1. The molecule has 11 heteroatoms. The normalized spacial score (nSPS) is 23.5. The zero-order valence-electron chi connectivity index (χ0n) is 29.3. The smallest absolute Gasteiger partial charge is 0.410 e. The maximum atomic E-state index is 14.3. The summed E-state index contributed by atoms with van der Waals surface area (Å²) in [5, 5.41) is 0. The van der Waals surface area contributed by atoms with E-state index in [2.05, 4.69) is 30.6 Å². The Kier molecular flexibility index (Phi) is 9.99. The van der Waals surface area contributed by atoms with E-state index in [4.69, 9.17) is 9.72 Å². The molecular weight excluding hydrogens is 599 g/mol. The molecule has 0 aliphatic carbocycles. The van der Waals surface area contributed by atoms with Gasteiger partial charge in [0, 0.05) is 100 Å². The van der Waals surface area contributed by atoms with Gasteiger partial charge in [0.15, 0.2) is 0 Å². The molecule has 3 atom stereocenters. The molecule has 5 rings (SSSR count). The van der Waals surface area contributed by atoms with Crippen LogP contribution in [0.15, 0.2) is 36.5 Å². The fraction of sp³-hybridized carbons (Fsp3) is 0.611. The third kappa shape index (κ3) is 8.12. The number of hydrogen-bond donors (Lipinski definition) is 0. The van der Waals surface area contributed by atoms with Gasteiger partial charge in [0.25, 0.3) is 0 Å². The summed E-state index contributed by atoms with van der Waals surface area (Å²) in [5.41, 5.74) is 2.80. The van der Waals surface area contributed by atoms with E-state index in [1.54, 1.807) is 24.0 Å². The van der Waals surface area contributed by atoms with Gasteiger partial charge in [0.1, 0.15) is 11.4 Å². The minimum atomic E-state index is -0.614. The Morgan fingerprint density at radius 2 is 1.70 bits per heavy atom. The molecule has 256 valence electrons. The molecule has 1 aromatic carbocycles. The van der Waals surface area contributed by atoms with Crippen LogP contribution in [0.25, 0.3) is 0 Å². The number of rotatable bonds is 6. The van der Waals surface area contributed by atoms with Gasteiger partial charge in [-0.05, 0) is 58.4 Å². The Morgan fingerprint density at radius 1 is 1.00 bits per heavy atom. The molecule has 0 N–H and O–H groups in total. The fourth-order valence-corrected chi connectivity index (χ4v) is 7.06. The lowest BCUT2D eigenvalue weighted by molar-refractivity contribution is -0.132. The first-order valence-corrected chi connectivity index (χ1v) is 16.8. The molecular formula is C36H51FN6O4. The van der Waals surface area contributed by atoms with E-state index >= 15 is 0 Å². The maximum absolute atomic E-state index is 14.3. The fourth-order valence-electron chi connectivity index (χ4n) is 7.06. The van der Waals surface area contributed by atoms with Crippen LogP contribution in [0.3, 0.4) is 0 Å². The average molecular weight is 651 g/mol. The van der Waals surface area contributed by atoms with Crippen molar-refractivity contribution in [1.82, 2.24) is 24.6 Å². The van der Waals surface area contributed by atoms with Crippen molar-refractivity contribution in [3.8, 4) is 0 Å². The van der Waals surface area contributed by atoms with Gasteiger partial charge in [-0.2, -0.15) is 0 Å². The second-order valence-corrected chi connectivity index (χ2v) is 15.2. The molecule has 4 heterocycles. The van der Waals surface area contributed by atoms with Crippen LogP contribution in [0.2, 0.25) is 0 Å². The van der Waals surface area contributed by atoms with Gasteiger partial charge in [0.2, 0.25) is 11.8 Å². The number of aromatic nitrogens is 1. The van der Waals surface area contributed by atoms with Gasteiger partial charge in [-0.25, -0.2) is 9.18 Å². The van der Waals surface area contributed by atoms with Gasteiger partial charge in [-0.15, -0.1) is 0 Å². The van der Waals surface area contributed by atoms with E-state index in [-0.39, 0.29) is 53.8 Å². The van der Waals surface area contributed by atoms with Crippen molar-refractivity contribution in [1.29, 1.82) is 0 Å². The van der Waals surface area contributed by atoms with Gasteiger partial charge < -0.3 is 19.4 Å². The second kappa shape index (κ2) is 13.5. The standard InChI is InChI=1S/C36H51FN6O4/c1-24-18-40(26(3)44)14-13-39(24)20-30-21-42(34(46)47-35(4,5)6)25(2)19-41(30)22-33(45)43-23-36(7,8)31-17-38-29(16-32(31)43)15-27-9-11-28(37)12-10-27/h9-12,16-17,24-25,30H,13-15,18-23H2,1-8H3/t24-,25-,30+/m1/s1. The molecule has 2 fully saturated rings. The molecule has 0 bridgehead atoms. The molecule has 0 unspecified atom stereocenters. The number of anilines is 1. The molecule has 1 aromatic heterocycles. The average Bonchev–Trinajstić information content (AvgIpc) is 3.25.